The fraction of sp³-hybridized carbons (Fsp3) is 1.00. The van der Waals surface area contributed by atoms with Crippen LogP contribution in [0.4, 0.5) is 0 Å². The predicted molar refractivity (Wildman–Crippen MR) is 43.7 cm³/mol. The molecule has 0 aliphatic carbocycles. The van der Waals surface area contributed by atoms with Gasteiger partial charge in [-0.1, -0.05) is 13.8 Å². The summed E-state index contributed by atoms with van der Waals surface area (Å²) in [5.41, 5.74) is 10.8. The Kier molecular flexibility index (Phi) is 8.40. The molecule has 0 fully saturated rings. The molecule has 0 bridgehead atoms. The molecule has 0 heterocycles. The van der Waals surface area contributed by atoms with Crippen molar-refractivity contribution < 1.29 is 0 Å². The van der Waals surface area contributed by atoms with Gasteiger partial charge in [0.2, 0.25) is 0 Å². The molecule has 0 saturated carbocycles. The van der Waals surface area contributed by atoms with Crippen LogP contribution in [0.3, 0.4) is 0 Å². The Morgan fingerprint density at radius 1 is 1.33 bits per heavy atom. The van der Waals surface area contributed by atoms with Crippen molar-refractivity contribution in [1.82, 2.24) is 0 Å². The quantitative estimate of drug-likeness (QED) is 0.627. The fourth-order valence-corrected chi connectivity index (χ4v) is 0.702. The van der Waals surface area contributed by atoms with Crippen LogP contribution in [-0.2, 0) is 0 Å². The van der Waals surface area contributed by atoms with Crippen molar-refractivity contribution in [1.29, 1.82) is 0 Å². The second-order valence-corrected chi connectivity index (χ2v) is 2.63. The number of hydrogen-bond acceptors (Lipinski definition) is 2. The molecule has 1 atom stereocenters. The minimum atomic E-state index is 0. The lowest BCUT2D eigenvalue weighted by molar-refractivity contribution is 0.501. The van der Waals surface area contributed by atoms with E-state index in [0.717, 1.165) is 6.42 Å². The summed E-state index contributed by atoms with van der Waals surface area (Å²) in [4.78, 5) is 0. The van der Waals surface area contributed by atoms with Gasteiger partial charge in [0.15, 0.2) is 0 Å². The Morgan fingerprint density at radius 3 is 1.89 bits per heavy atom. The summed E-state index contributed by atoms with van der Waals surface area (Å²) in [5, 5.41) is 0. The van der Waals surface area contributed by atoms with Gasteiger partial charge in [-0.15, -0.1) is 12.4 Å². The summed E-state index contributed by atoms with van der Waals surface area (Å²) in [6, 6.07) is 0.204. The maximum absolute atomic E-state index is 5.55. The zero-order chi connectivity index (χ0) is 6.57. The van der Waals surface area contributed by atoms with Crippen molar-refractivity contribution in [2.75, 3.05) is 6.54 Å². The van der Waals surface area contributed by atoms with E-state index in [-0.39, 0.29) is 18.4 Å². The molecule has 0 amide bonds. The van der Waals surface area contributed by atoms with Crippen LogP contribution in [0.5, 0.6) is 0 Å². The van der Waals surface area contributed by atoms with Crippen LogP contribution in [0.15, 0.2) is 0 Å². The van der Waals surface area contributed by atoms with Crippen LogP contribution in [0.2, 0.25) is 0 Å². The highest BCUT2D eigenvalue weighted by Gasteiger charge is 2.00. The van der Waals surface area contributed by atoms with Gasteiger partial charge >= 0.3 is 0 Å². The van der Waals surface area contributed by atoms with Crippen molar-refractivity contribution in [3.8, 4) is 0 Å². The smallest absolute Gasteiger partial charge is 0.0165 e. The molecular formula is C6H17ClN2. The van der Waals surface area contributed by atoms with Crippen molar-refractivity contribution in [3.05, 3.63) is 0 Å². The van der Waals surface area contributed by atoms with Crippen molar-refractivity contribution in [2.45, 2.75) is 26.3 Å². The Balaban J connectivity index is 0. The van der Waals surface area contributed by atoms with Crippen molar-refractivity contribution in [2.24, 2.45) is 17.4 Å². The molecular weight excluding hydrogens is 136 g/mol. The van der Waals surface area contributed by atoms with Gasteiger partial charge in [-0.3, -0.25) is 0 Å². The lowest BCUT2D eigenvalue weighted by Gasteiger charge is -2.09. The van der Waals surface area contributed by atoms with Gasteiger partial charge in [-0.25, -0.2) is 0 Å². The van der Waals surface area contributed by atoms with Crippen LogP contribution in [0, 0.1) is 5.92 Å². The summed E-state index contributed by atoms with van der Waals surface area (Å²) in [6.07, 6.45) is 1.04. The molecule has 0 unspecified atom stereocenters. The summed E-state index contributed by atoms with van der Waals surface area (Å²) in [5.74, 6) is 0.675. The van der Waals surface area contributed by atoms with Crippen LogP contribution in [0.1, 0.15) is 20.3 Å². The SMILES string of the molecule is CC(C)C[C@H](N)CN.Cl. The van der Waals surface area contributed by atoms with E-state index in [2.05, 4.69) is 13.8 Å². The van der Waals surface area contributed by atoms with Crippen LogP contribution in [0.25, 0.3) is 0 Å². The molecule has 0 saturated heterocycles. The van der Waals surface area contributed by atoms with Gasteiger partial charge in [0.25, 0.3) is 0 Å². The highest BCUT2D eigenvalue weighted by Crippen LogP contribution is 2.00. The van der Waals surface area contributed by atoms with Crippen LogP contribution >= 0.6 is 12.4 Å². The third-order valence-electron chi connectivity index (χ3n) is 1.08. The number of halogens is 1. The van der Waals surface area contributed by atoms with Crippen LogP contribution < -0.4 is 11.5 Å². The fourth-order valence-electron chi connectivity index (χ4n) is 0.702. The van der Waals surface area contributed by atoms with Gasteiger partial charge in [0, 0.05) is 12.6 Å². The molecule has 0 aliphatic heterocycles. The van der Waals surface area contributed by atoms with E-state index >= 15 is 0 Å². The third kappa shape index (κ3) is 8.21. The largest absolute Gasteiger partial charge is 0.329 e. The van der Waals surface area contributed by atoms with Gasteiger partial charge < -0.3 is 11.5 Å². The summed E-state index contributed by atoms with van der Waals surface area (Å²) in [7, 11) is 0. The van der Waals surface area contributed by atoms with E-state index < -0.39 is 0 Å². The van der Waals surface area contributed by atoms with E-state index in [1.54, 1.807) is 0 Å². The second kappa shape index (κ2) is 6.33. The number of rotatable bonds is 3. The molecule has 0 rings (SSSR count). The molecule has 0 spiro atoms. The first-order valence-corrected chi connectivity index (χ1v) is 3.12. The van der Waals surface area contributed by atoms with Crippen molar-refractivity contribution >= 4 is 12.4 Å². The van der Waals surface area contributed by atoms with Gasteiger partial charge in [-0.05, 0) is 12.3 Å². The molecule has 0 aliphatic rings. The first-order valence-electron chi connectivity index (χ1n) is 3.12. The van der Waals surface area contributed by atoms with Gasteiger partial charge in [-0.2, -0.15) is 0 Å². The standard InChI is InChI=1S/C6H16N2.ClH/c1-5(2)3-6(8)4-7;/h5-6H,3-4,7-8H2,1-2H3;1H/t6-;/m0./s1. The molecule has 4 N–H and O–H groups in total. The molecule has 3 heteroatoms. The summed E-state index contributed by atoms with van der Waals surface area (Å²) in [6.45, 7) is 4.91. The Labute approximate surface area is 63.4 Å². The zero-order valence-electron chi connectivity index (χ0n) is 6.13. The number of hydrogen-bond donors (Lipinski definition) is 2. The topological polar surface area (TPSA) is 52.0 Å². The average Bonchev–Trinajstić information content (AvgIpc) is 1.65. The highest BCUT2D eigenvalue weighted by atomic mass is 35.5. The molecule has 0 aromatic carbocycles. The van der Waals surface area contributed by atoms with Gasteiger partial charge in [0.1, 0.15) is 0 Å². The zero-order valence-corrected chi connectivity index (χ0v) is 6.95. The Hall–Kier alpha value is 0.210. The maximum atomic E-state index is 5.55. The second-order valence-electron chi connectivity index (χ2n) is 2.63. The van der Waals surface area contributed by atoms with Crippen molar-refractivity contribution in [3.63, 3.8) is 0 Å². The normalized spacial score (nSPS) is 13.0. The minimum absolute atomic E-state index is 0. The van der Waals surface area contributed by atoms with E-state index in [0.29, 0.717) is 12.5 Å². The van der Waals surface area contributed by atoms with E-state index in [4.69, 9.17) is 11.5 Å². The summed E-state index contributed by atoms with van der Waals surface area (Å²) >= 11 is 0. The Bertz CT molecular complexity index is 57.0. The molecule has 9 heavy (non-hydrogen) atoms. The third-order valence-corrected chi connectivity index (χ3v) is 1.08. The first kappa shape index (κ1) is 11.9. The van der Waals surface area contributed by atoms with Crippen LogP contribution in [-0.4, -0.2) is 12.6 Å². The summed E-state index contributed by atoms with van der Waals surface area (Å²) < 4.78 is 0. The van der Waals surface area contributed by atoms with Gasteiger partial charge in [0.05, 0.1) is 0 Å². The van der Waals surface area contributed by atoms with E-state index in [9.17, 15) is 0 Å². The maximum Gasteiger partial charge on any atom is 0.0165 e. The molecule has 0 aromatic heterocycles. The lowest BCUT2D eigenvalue weighted by atomic mass is 10.1. The highest BCUT2D eigenvalue weighted by molar-refractivity contribution is 5.85. The number of nitrogens with two attached hydrogens (primary N) is 2. The predicted octanol–water partition coefficient (Wildman–Crippen LogP) is 0.740. The van der Waals surface area contributed by atoms with E-state index in [1.165, 1.54) is 0 Å². The molecule has 2 nitrogen and oxygen atoms in total. The Morgan fingerprint density at radius 2 is 1.78 bits per heavy atom. The van der Waals surface area contributed by atoms with E-state index in [1.807, 2.05) is 0 Å². The minimum Gasteiger partial charge on any atom is -0.329 e. The lowest BCUT2D eigenvalue weighted by Crippen LogP contribution is -2.30. The molecule has 0 radical (unpaired) electrons. The molecule has 0 aromatic rings. The monoisotopic (exact) mass is 152 g/mol. The first-order chi connectivity index (χ1) is 3.66. The average molecular weight is 153 g/mol. The molecule has 58 valence electrons.